The molecule has 1 fully saturated rings. The maximum absolute atomic E-state index is 12.1. The molecule has 20 heavy (non-hydrogen) atoms. The van der Waals surface area contributed by atoms with Gasteiger partial charge in [-0.3, -0.25) is 9.59 Å². The molecular formula is C15H28N2O3. The standard InChI is InChI=1S/C15H28N2O3/c1-3-17(4-2)11-7-10-16-14(18)12-8-5-6-9-13(12)15(19)20/h12-13H,3-11H2,1-2H3,(H,16,18)(H,19,20). The van der Waals surface area contributed by atoms with E-state index in [-0.39, 0.29) is 11.8 Å². The van der Waals surface area contributed by atoms with Crippen LogP contribution >= 0.6 is 0 Å². The SMILES string of the molecule is CCN(CC)CCCNC(=O)C1CCCCC1C(=O)O. The van der Waals surface area contributed by atoms with Gasteiger partial charge in [-0.1, -0.05) is 26.7 Å². The molecule has 2 unspecified atom stereocenters. The molecule has 0 aliphatic heterocycles. The van der Waals surface area contributed by atoms with Gasteiger partial charge in [-0.25, -0.2) is 0 Å². The second-order valence-corrected chi connectivity index (χ2v) is 5.51. The van der Waals surface area contributed by atoms with E-state index >= 15 is 0 Å². The molecule has 0 aromatic heterocycles. The molecule has 1 aliphatic rings. The second kappa shape index (κ2) is 8.95. The van der Waals surface area contributed by atoms with Gasteiger partial charge in [0.2, 0.25) is 5.91 Å². The molecule has 0 spiro atoms. The molecule has 1 amide bonds. The van der Waals surface area contributed by atoms with E-state index < -0.39 is 11.9 Å². The number of nitrogens with zero attached hydrogens (tertiary/aromatic N) is 1. The number of hydrogen-bond donors (Lipinski definition) is 2. The van der Waals surface area contributed by atoms with Crippen molar-refractivity contribution in [3.63, 3.8) is 0 Å². The van der Waals surface area contributed by atoms with Crippen molar-refractivity contribution < 1.29 is 14.7 Å². The summed E-state index contributed by atoms with van der Waals surface area (Å²) in [5.41, 5.74) is 0. The molecule has 5 heteroatoms. The summed E-state index contributed by atoms with van der Waals surface area (Å²) >= 11 is 0. The first-order chi connectivity index (χ1) is 9.60. The average molecular weight is 284 g/mol. The van der Waals surface area contributed by atoms with Crippen molar-refractivity contribution in [3.05, 3.63) is 0 Å². The molecule has 2 N–H and O–H groups in total. The zero-order valence-corrected chi connectivity index (χ0v) is 12.7. The third-order valence-electron chi connectivity index (χ3n) is 4.26. The fourth-order valence-electron chi connectivity index (χ4n) is 2.93. The van der Waals surface area contributed by atoms with E-state index in [0.29, 0.717) is 19.4 Å². The van der Waals surface area contributed by atoms with Crippen molar-refractivity contribution in [3.8, 4) is 0 Å². The summed E-state index contributed by atoms with van der Waals surface area (Å²) in [4.78, 5) is 25.6. The molecule has 0 radical (unpaired) electrons. The van der Waals surface area contributed by atoms with Gasteiger partial charge in [-0.05, 0) is 38.9 Å². The van der Waals surface area contributed by atoms with Gasteiger partial charge in [0.25, 0.3) is 0 Å². The molecule has 5 nitrogen and oxygen atoms in total. The summed E-state index contributed by atoms with van der Waals surface area (Å²) in [6, 6.07) is 0. The molecular weight excluding hydrogens is 256 g/mol. The Morgan fingerprint density at radius 1 is 1.15 bits per heavy atom. The number of carbonyl (C=O) groups excluding carboxylic acids is 1. The lowest BCUT2D eigenvalue weighted by atomic mass is 9.79. The van der Waals surface area contributed by atoms with Gasteiger partial charge in [0.15, 0.2) is 0 Å². The lowest BCUT2D eigenvalue weighted by Crippen LogP contribution is -2.40. The molecule has 2 atom stereocenters. The molecule has 116 valence electrons. The maximum atomic E-state index is 12.1. The highest BCUT2D eigenvalue weighted by atomic mass is 16.4. The maximum Gasteiger partial charge on any atom is 0.307 e. The lowest BCUT2D eigenvalue weighted by Gasteiger charge is -2.27. The minimum absolute atomic E-state index is 0.0725. The van der Waals surface area contributed by atoms with Gasteiger partial charge in [-0.2, -0.15) is 0 Å². The first-order valence-electron chi connectivity index (χ1n) is 7.83. The van der Waals surface area contributed by atoms with Crippen LogP contribution in [0.3, 0.4) is 0 Å². The summed E-state index contributed by atoms with van der Waals surface area (Å²) in [7, 11) is 0. The van der Waals surface area contributed by atoms with Gasteiger partial charge in [0, 0.05) is 6.54 Å². The van der Waals surface area contributed by atoms with Gasteiger partial charge in [0.05, 0.1) is 11.8 Å². The van der Waals surface area contributed by atoms with Crippen LogP contribution in [0.4, 0.5) is 0 Å². The first kappa shape index (κ1) is 17.0. The summed E-state index contributed by atoms with van der Waals surface area (Å²) < 4.78 is 0. The first-order valence-corrected chi connectivity index (χ1v) is 7.83. The molecule has 1 rings (SSSR count). The fourth-order valence-corrected chi connectivity index (χ4v) is 2.93. The van der Waals surface area contributed by atoms with E-state index in [1.165, 1.54) is 0 Å². The predicted molar refractivity (Wildman–Crippen MR) is 78.5 cm³/mol. The fraction of sp³-hybridized carbons (Fsp3) is 0.867. The van der Waals surface area contributed by atoms with E-state index in [1.54, 1.807) is 0 Å². The van der Waals surface area contributed by atoms with Gasteiger partial charge >= 0.3 is 5.97 Å². The van der Waals surface area contributed by atoms with Crippen LogP contribution in [0.2, 0.25) is 0 Å². The highest BCUT2D eigenvalue weighted by molar-refractivity contribution is 5.84. The summed E-state index contributed by atoms with van der Waals surface area (Å²) in [5.74, 6) is -1.73. The third kappa shape index (κ3) is 5.12. The predicted octanol–water partition coefficient (Wildman–Crippen LogP) is 1.73. The van der Waals surface area contributed by atoms with Crippen molar-refractivity contribution in [2.24, 2.45) is 11.8 Å². The number of rotatable bonds is 8. The number of nitrogens with one attached hydrogen (secondary N) is 1. The van der Waals surface area contributed by atoms with Crippen LogP contribution in [0.5, 0.6) is 0 Å². The largest absolute Gasteiger partial charge is 0.481 e. The lowest BCUT2D eigenvalue weighted by molar-refractivity contribution is -0.148. The Morgan fingerprint density at radius 3 is 2.30 bits per heavy atom. The highest BCUT2D eigenvalue weighted by Crippen LogP contribution is 2.30. The normalized spacial score (nSPS) is 22.8. The van der Waals surface area contributed by atoms with Crippen molar-refractivity contribution in [1.29, 1.82) is 0 Å². The van der Waals surface area contributed by atoms with Crippen molar-refractivity contribution >= 4 is 11.9 Å². The van der Waals surface area contributed by atoms with Crippen molar-refractivity contribution in [2.75, 3.05) is 26.2 Å². The molecule has 0 saturated heterocycles. The molecule has 0 bridgehead atoms. The van der Waals surface area contributed by atoms with Crippen LogP contribution in [0.1, 0.15) is 46.0 Å². The van der Waals surface area contributed by atoms with Crippen LogP contribution in [-0.2, 0) is 9.59 Å². The number of carbonyl (C=O) groups is 2. The smallest absolute Gasteiger partial charge is 0.307 e. The Labute approximate surface area is 121 Å². The van der Waals surface area contributed by atoms with E-state index in [0.717, 1.165) is 38.9 Å². The Bertz CT molecular complexity index is 316. The zero-order valence-electron chi connectivity index (χ0n) is 12.7. The van der Waals surface area contributed by atoms with Gasteiger partial charge < -0.3 is 15.3 Å². The number of hydrogen-bond acceptors (Lipinski definition) is 3. The summed E-state index contributed by atoms with van der Waals surface area (Å²) in [5, 5.41) is 12.1. The van der Waals surface area contributed by atoms with Crippen LogP contribution in [0, 0.1) is 11.8 Å². The number of carboxylic acid groups (broad SMARTS) is 1. The summed E-state index contributed by atoms with van der Waals surface area (Å²) in [6.07, 6.45) is 4.13. The van der Waals surface area contributed by atoms with Gasteiger partial charge in [-0.15, -0.1) is 0 Å². The summed E-state index contributed by atoms with van der Waals surface area (Å²) in [6.45, 7) is 7.91. The molecule has 1 aliphatic carbocycles. The number of aliphatic carboxylic acids is 1. The second-order valence-electron chi connectivity index (χ2n) is 5.51. The van der Waals surface area contributed by atoms with Crippen molar-refractivity contribution in [2.45, 2.75) is 46.0 Å². The number of amides is 1. The topological polar surface area (TPSA) is 69.6 Å². The minimum Gasteiger partial charge on any atom is -0.481 e. The van der Waals surface area contributed by atoms with Crippen LogP contribution in [0.15, 0.2) is 0 Å². The molecule has 0 aromatic rings. The van der Waals surface area contributed by atoms with E-state index in [9.17, 15) is 14.7 Å². The van der Waals surface area contributed by atoms with E-state index in [1.807, 2.05) is 0 Å². The Morgan fingerprint density at radius 2 is 1.75 bits per heavy atom. The Hall–Kier alpha value is -1.10. The van der Waals surface area contributed by atoms with Crippen LogP contribution in [-0.4, -0.2) is 48.1 Å². The highest BCUT2D eigenvalue weighted by Gasteiger charge is 2.35. The zero-order chi connectivity index (χ0) is 15.0. The quantitative estimate of drug-likeness (QED) is 0.666. The monoisotopic (exact) mass is 284 g/mol. The molecule has 1 saturated carbocycles. The number of carboxylic acids is 1. The van der Waals surface area contributed by atoms with E-state index in [4.69, 9.17) is 0 Å². The van der Waals surface area contributed by atoms with Gasteiger partial charge in [0.1, 0.15) is 0 Å². The van der Waals surface area contributed by atoms with E-state index in [2.05, 4.69) is 24.1 Å². The third-order valence-corrected chi connectivity index (χ3v) is 4.26. The van der Waals surface area contributed by atoms with Crippen molar-refractivity contribution in [1.82, 2.24) is 10.2 Å². The van der Waals surface area contributed by atoms with Crippen LogP contribution in [0.25, 0.3) is 0 Å². The molecule has 0 aromatic carbocycles. The Balaban J connectivity index is 2.32. The average Bonchev–Trinajstić information content (AvgIpc) is 2.47. The minimum atomic E-state index is -0.826. The molecule has 0 heterocycles. The Kier molecular flexibility index (Phi) is 7.59. The van der Waals surface area contributed by atoms with Crippen LogP contribution < -0.4 is 5.32 Å².